The number of ether oxygens (including phenoxy) is 1. The first-order valence-corrected chi connectivity index (χ1v) is 5.76. The Bertz CT molecular complexity index is 348. The van der Waals surface area contributed by atoms with Gasteiger partial charge in [-0.3, -0.25) is 0 Å². The zero-order valence-corrected chi connectivity index (χ0v) is 9.99. The number of hydrogen-bond acceptors (Lipinski definition) is 5. The molecule has 15 heavy (non-hydrogen) atoms. The van der Waals surface area contributed by atoms with Crippen LogP contribution in [0.1, 0.15) is 17.7 Å². The summed E-state index contributed by atoms with van der Waals surface area (Å²) in [4.78, 5) is 4.47. The van der Waals surface area contributed by atoms with Gasteiger partial charge < -0.3 is 10.1 Å². The number of halogens is 1. The van der Waals surface area contributed by atoms with Gasteiger partial charge in [0.05, 0.1) is 0 Å². The van der Waals surface area contributed by atoms with E-state index in [1.807, 2.05) is 6.07 Å². The summed E-state index contributed by atoms with van der Waals surface area (Å²) < 4.78 is 4.93. The Morgan fingerprint density at radius 3 is 3.00 bits per heavy atom. The summed E-state index contributed by atoms with van der Waals surface area (Å²) in [6.07, 6.45) is 2.01. The van der Waals surface area contributed by atoms with Gasteiger partial charge in [0.1, 0.15) is 10.9 Å². The fraction of sp³-hybridized carbons (Fsp3) is 0.556. The molecule has 4 nitrogen and oxygen atoms in total. The van der Waals surface area contributed by atoms with E-state index >= 15 is 0 Å². The third-order valence-electron chi connectivity index (χ3n) is 1.74. The van der Waals surface area contributed by atoms with E-state index in [9.17, 15) is 0 Å². The number of hydrogen-bond donors (Lipinski definition) is 1. The molecule has 0 amide bonds. The molecule has 0 saturated carbocycles. The average Bonchev–Trinajstić information content (AvgIpc) is 2.59. The fourth-order valence-corrected chi connectivity index (χ4v) is 1.99. The first-order valence-electron chi connectivity index (χ1n) is 4.57. The maximum atomic E-state index is 8.66. The molecular weight excluding hydrogens is 234 g/mol. The second kappa shape index (κ2) is 6.62. The molecule has 1 heterocycles. The van der Waals surface area contributed by atoms with E-state index in [0.29, 0.717) is 10.0 Å². The molecule has 1 aromatic heterocycles. The molecule has 0 aliphatic rings. The van der Waals surface area contributed by atoms with Crippen molar-refractivity contribution < 1.29 is 4.74 Å². The molecule has 0 radical (unpaired) electrons. The van der Waals surface area contributed by atoms with Gasteiger partial charge in [0.2, 0.25) is 0 Å². The first kappa shape index (κ1) is 12.2. The van der Waals surface area contributed by atoms with Crippen LogP contribution in [-0.2, 0) is 4.74 Å². The van der Waals surface area contributed by atoms with Gasteiger partial charge in [0.15, 0.2) is 10.3 Å². The van der Waals surface area contributed by atoms with Crippen LogP contribution in [0, 0.1) is 11.3 Å². The Balaban J connectivity index is 2.29. The molecule has 0 fully saturated rings. The van der Waals surface area contributed by atoms with Gasteiger partial charge in [-0.1, -0.05) is 22.9 Å². The number of rotatable bonds is 6. The lowest BCUT2D eigenvalue weighted by atomic mass is 10.3. The number of aromatic nitrogens is 1. The molecule has 0 aromatic carbocycles. The van der Waals surface area contributed by atoms with Crippen molar-refractivity contribution in [1.29, 1.82) is 5.26 Å². The van der Waals surface area contributed by atoms with Crippen molar-refractivity contribution in [3.63, 3.8) is 0 Å². The average molecular weight is 246 g/mol. The minimum absolute atomic E-state index is 0.280. The van der Waals surface area contributed by atoms with Crippen LogP contribution in [0.15, 0.2) is 0 Å². The minimum Gasteiger partial charge on any atom is -0.385 e. The van der Waals surface area contributed by atoms with Crippen LogP contribution < -0.4 is 5.32 Å². The van der Waals surface area contributed by atoms with E-state index in [1.54, 1.807) is 7.11 Å². The van der Waals surface area contributed by atoms with Crippen LogP contribution in [0.4, 0.5) is 5.13 Å². The molecule has 82 valence electrons. The molecule has 1 aromatic rings. The van der Waals surface area contributed by atoms with Crippen molar-refractivity contribution in [3.8, 4) is 6.07 Å². The highest BCUT2D eigenvalue weighted by Gasteiger charge is 2.07. The van der Waals surface area contributed by atoms with E-state index in [-0.39, 0.29) is 5.15 Å². The fourth-order valence-electron chi connectivity index (χ4n) is 1.01. The van der Waals surface area contributed by atoms with Crippen LogP contribution in [-0.4, -0.2) is 25.2 Å². The number of methoxy groups -OCH3 is 1. The monoisotopic (exact) mass is 245 g/mol. The molecule has 0 bridgehead atoms. The van der Waals surface area contributed by atoms with E-state index in [2.05, 4.69) is 10.3 Å². The summed E-state index contributed by atoms with van der Waals surface area (Å²) >= 11 is 7.00. The number of thiazole rings is 1. The van der Waals surface area contributed by atoms with Crippen molar-refractivity contribution in [2.24, 2.45) is 0 Å². The standard InChI is InChI=1S/C9H12ClN3OS/c1-14-5-3-2-4-12-9-13-8(10)7(6-11)15-9/h2-5H2,1H3,(H,12,13). The molecule has 6 heteroatoms. The number of nitriles is 1. The normalized spacial score (nSPS) is 9.93. The summed E-state index contributed by atoms with van der Waals surface area (Å²) in [5.74, 6) is 0. The maximum Gasteiger partial charge on any atom is 0.185 e. The predicted molar refractivity (Wildman–Crippen MR) is 61.4 cm³/mol. The topological polar surface area (TPSA) is 57.9 Å². The van der Waals surface area contributed by atoms with Gasteiger partial charge in [-0.05, 0) is 12.8 Å². The van der Waals surface area contributed by atoms with Gasteiger partial charge >= 0.3 is 0 Å². The highest BCUT2D eigenvalue weighted by molar-refractivity contribution is 7.16. The molecule has 1 rings (SSSR count). The van der Waals surface area contributed by atoms with E-state index in [1.165, 1.54) is 11.3 Å². The summed E-state index contributed by atoms with van der Waals surface area (Å²) in [5, 5.41) is 12.8. The number of unbranched alkanes of at least 4 members (excludes halogenated alkanes) is 1. The van der Waals surface area contributed by atoms with Gasteiger partial charge in [-0.15, -0.1) is 0 Å². The molecule has 1 N–H and O–H groups in total. The van der Waals surface area contributed by atoms with Crippen molar-refractivity contribution in [2.75, 3.05) is 25.6 Å². The minimum atomic E-state index is 0.280. The van der Waals surface area contributed by atoms with Crippen LogP contribution in [0.25, 0.3) is 0 Å². The zero-order valence-electron chi connectivity index (χ0n) is 8.42. The highest BCUT2D eigenvalue weighted by atomic mass is 35.5. The van der Waals surface area contributed by atoms with E-state index in [0.717, 1.165) is 26.0 Å². The second-order valence-electron chi connectivity index (χ2n) is 2.88. The molecule has 0 atom stereocenters. The molecular formula is C9H12ClN3OS. The van der Waals surface area contributed by atoms with E-state index in [4.69, 9.17) is 21.6 Å². The molecule has 0 spiro atoms. The molecule has 0 saturated heterocycles. The summed E-state index contributed by atoms with van der Waals surface area (Å²) in [7, 11) is 1.69. The van der Waals surface area contributed by atoms with Gasteiger partial charge in [-0.25, -0.2) is 4.98 Å². The number of anilines is 1. The van der Waals surface area contributed by atoms with Crippen LogP contribution in [0.3, 0.4) is 0 Å². The number of nitrogens with zero attached hydrogens (tertiary/aromatic N) is 2. The third kappa shape index (κ3) is 4.04. The highest BCUT2D eigenvalue weighted by Crippen LogP contribution is 2.25. The van der Waals surface area contributed by atoms with E-state index < -0.39 is 0 Å². The summed E-state index contributed by atoms with van der Waals surface area (Å²) in [6, 6.07) is 1.99. The molecule has 0 aliphatic carbocycles. The van der Waals surface area contributed by atoms with Crippen molar-refractivity contribution >= 4 is 28.1 Å². The van der Waals surface area contributed by atoms with Crippen LogP contribution in [0.5, 0.6) is 0 Å². The zero-order chi connectivity index (χ0) is 11.1. The summed E-state index contributed by atoms with van der Waals surface area (Å²) in [6.45, 7) is 1.59. The smallest absolute Gasteiger partial charge is 0.185 e. The van der Waals surface area contributed by atoms with Crippen molar-refractivity contribution in [1.82, 2.24) is 4.98 Å². The first-order chi connectivity index (χ1) is 7.27. The Kier molecular flexibility index (Phi) is 5.40. The maximum absolute atomic E-state index is 8.66. The predicted octanol–water partition coefficient (Wildman–Crippen LogP) is 2.51. The summed E-state index contributed by atoms with van der Waals surface area (Å²) in [5.41, 5.74) is 0. The third-order valence-corrected chi connectivity index (χ3v) is 3.04. The second-order valence-corrected chi connectivity index (χ2v) is 4.23. The molecule has 0 unspecified atom stereocenters. The van der Waals surface area contributed by atoms with Crippen molar-refractivity contribution in [2.45, 2.75) is 12.8 Å². The van der Waals surface area contributed by atoms with Crippen LogP contribution in [0.2, 0.25) is 5.15 Å². The van der Waals surface area contributed by atoms with Gasteiger partial charge in [0, 0.05) is 20.3 Å². The Morgan fingerprint density at radius 1 is 1.60 bits per heavy atom. The SMILES string of the molecule is COCCCCNc1nc(Cl)c(C#N)s1. The Labute approximate surface area is 97.8 Å². The Hall–Kier alpha value is -0.830. The number of nitrogens with one attached hydrogen (secondary N) is 1. The largest absolute Gasteiger partial charge is 0.385 e. The Morgan fingerprint density at radius 2 is 2.40 bits per heavy atom. The lowest BCUT2D eigenvalue weighted by Gasteiger charge is -2.01. The van der Waals surface area contributed by atoms with Crippen molar-refractivity contribution in [3.05, 3.63) is 10.0 Å². The van der Waals surface area contributed by atoms with Gasteiger partial charge in [0.25, 0.3) is 0 Å². The lowest BCUT2D eigenvalue weighted by molar-refractivity contribution is 0.194. The quantitative estimate of drug-likeness (QED) is 0.783. The van der Waals surface area contributed by atoms with Crippen LogP contribution >= 0.6 is 22.9 Å². The molecule has 0 aliphatic heterocycles. The lowest BCUT2D eigenvalue weighted by Crippen LogP contribution is -2.02. The van der Waals surface area contributed by atoms with Gasteiger partial charge in [-0.2, -0.15) is 5.26 Å².